The van der Waals surface area contributed by atoms with Crippen molar-refractivity contribution in [1.82, 2.24) is 14.5 Å². The number of carbonyl (C=O) groups excluding carboxylic acids is 1. The first-order valence-corrected chi connectivity index (χ1v) is 10.4. The van der Waals surface area contributed by atoms with Gasteiger partial charge in [-0.05, 0) is 41.8 Å². The zero-order valence-electron chi connectivity index (χ0n) is 17.4. The van der Waals surface area contributed by atoms with E-state index in [1.54, 1.807) is 0 Å². The number of nitrogens with one attached hydrogen (secondary N) is 1. The molecule has 0 bridgehead atoms. The van der Waals surface area contributed by atoms with Crippen LogP contribution >= 0.6 is 0 Å². The number of benzene rings is 2. The quantitative estimate of drug-likeness (QED) is 0.699. The fourth-order valence-electron chi connectivity index (χ4n) is 4.16. The highest BCUT2D eigenvalue weighted by Gasteiger charge is 2.21. The summed E-state index contributed by atoms with van der Waals surface area (Å²) in [6, 6.07) is 12.1. The Balaban J connectivity index is 1.31. The van der Waals surface area contributed by atoms with E-state index in [0.29, 0.717) is 19.1 Å². The summed E-state index contributed by atoms with van der Waals surface area (Å²) < 4.78 is 13.2. The lowest BCUT2D eigenvalue weighted by molar-refractivity contribution is -0.116. The lowest BCUT2D eigenvalue weighted by Gasteiger charge is -2.27. The maximum Gasteiger partial charge on any atom is 0.231 e. The van der Waals surface area contributed by atoms with Crippen LogP contribution < -0.4 is 14.8 Å². The van der Waals surface area contributed by atoms with Crippen molar-refractivity contribution >= 4 is 22.6 Å². The van der Waals surface area contributed by atoms with Gasteiger partial charge in [-0.15, -0.1) is 0 Å². The molecule has 0 unspecified atom stereocenters. The molecule has 0 spiro atoms. The maximum atomic E-state index is 12.1. The van der Waals surface area contributed by atoms with Gasteiger partial charge in [-0.1, -0.05) is 19.9 Å². The van der Waals surface area contributed by atoms with Gasteiger partial charge in [0.05, 0.1) is 17.6 Å². The van der Waals surface area contributed by atoms with Gasteiger partial charge in [0.2, 0.25) is 12.7 Å². The van der Waals surface area contributed by atoms with E-state index in [9.17, 15) is 4.79 Å². The Kier molecular flexibility index (Phi) is 4.83. The van der Waals surface area contributed by atoms with E-state index in [2.05, 4.69) is 33.0 Å². The SMILES string of the molecule is CC(C)CC(=O)Nc1ccc2c(c1)nc1n2CCN(Cc2ccc3c(c2)OCO3)C1. The summed E-state index contributed by atoms with van der Waals surface area (Å²) in [7, 11) is 0. The monoisotopic (exact) mass is 406 g/mol. The van der Waals surface area contributed by atoms with E-state index in [1.807, 2.05) is 32.0 Å². The minimum Gasteiger partial charge on any atom is -0.454 e. The molecule has 0 aliphatic carbocycles. The van der Waals surface area contributed by atoms with Gasteiger partial charge in [0.15, 0.2) is 11.5 Å². The third-order valence-corrected chi connectivity index (χ3v) is 5.55. The van der Waals surface area contributed by atoms with E-state index in [-0.39, 0.29) is 5.91 Å². The van der Waals surface area contributed by atoms with Gasteiger partial charge >= 0.3 is 0 Å². The highest BCUT2D eigenvalue weighted by atomic mass is 16.7. The van der Waals surface area contributed by atoms with Crippen LogP contribution in [0.3, 0.4) is 0 Å². The predicted molar refractivity (Wildman–Crippen MR) is 114 cm³/mol. The van der Waals surface area contributed by atoms with E-state index >= 15 is 0 Å². The Morgan fingerprint density at radius 1 is 1.13 bits per heavy atom. The number of aromatic nitrogens is 2. The summed E-state index contributed by atoms with van der Waals surface area (Å²) in [5.41, 5.74) is 4.06. The highest BCUT2D eigenvalue weighted by molar-refractivity contribution is 5.93. The van der Waals surface area contributed by atoms with E-state index < -0.39 is 0 Å². The Labute approximate surface area is 175 Å². The third-order valence-electron chi connectivity index (χ3n) is 5.55. The first-order valence-electron chi connectivity index (χ1n) is 10.4. The number of hydrogen-bond donors (Lipinski definition) is 1. The minimum absolute atomic E-state index is 0.0447. The van der Waals surface area contributed by atoms with Gasteiger partial charge in [0, 0.05) is 31.7 Å². The molecule has 0 saturated heterocycles. The van der Waals surface area contributed by atoms with E-state index in [0.717, 1.165) is 60.2 Å². The number of imidazole rings is 1. The second-order valence-electron chi connectivity index (χ2n) is 8.43. The van der Waals surface area contributed by atoms with Gasteiger partial charge < -0.3 is 19.4 Å². The smallest absolute Gasteiger partial charge is 0.231 e. The molecule has 3 aromatic rings. The number of hydrogen-bond acceptors (Lipinski definition) is 5. The number of ether oxygens (including phenoxy) is 2. The van der Waals surface area contributed by atoms with Crippen LogP contribution in [0.15, 0.2) is 36.4 Å². The molecule has 7 heteroatoms. The number of carbonyl (C=O) groups is 1. The molecule has 1 aromatic heterocycles. The highest BCUT2D eigenvalue weighted by Crippen LogP contribution is 2.33. The van der Waals surface area contributed by atoms with Crippen molar-refractivity contribution in [3.05, 3.63) is 47.8 Å². The molecule has 0 radical (unpaired) electrons. The Morgan fingerprint density at radius 3 is 2.87 bits per heavy atom. The number of fused-ring (bicyclic) bond motifs is 4. The molecule has 0 saturated carbocycles. The largest absolute Gasteiger partial charge is 0.454 e. The first kappa shape index (κ1) is 18.9. The zero-order valence-corrected chi connectivity index (χ0v) is 17.4. The number of nitrogens with zero attached hydrogens (tertiary/aromatic N) is 3. The second kappa shape index (κ2) is 7.65. The molecule has 1 N–H and O–H groups in total. The van der Waals surface area contributed by atoms with Crippen molar-refractivity contribution in [1.29, 1.82) is 0 Å². The van der Waals surface area contributed by atoms with Crippen LogP contribution in [0, 0.1) is 5.92 Å². The van der Waals surface area contributed by atoms with Crippen molar-refractivity contribution in [2.45, 2.75) is 39.9 Å². The molecule has 2 aromatic carbocycles. The number of amides is 1. The molecule has 1 amide bonds. The fourth-order valence-corrected chi connectivity index (χ4v) is 4.16. The number of rotatable bonds is 5. The van der Waals surface area contributed by atoms with Crippen molar-refractivity contribution < 1.29 is 14.3 Å². The van der Waals surface area contributed by atoms with Gasteiger partial charge in [-0.25, -0.2) is 4.98 Å². The van der Waals surface area contributed by atoms with Crippen LogP contribution in [-0.2, 0) is 24.4 Å². The average molecular weight is 406 g/mol. The lowest BCUT2D eigenvalue weighted by atomic mass is 10.1. The molecule has 156 valence electrons. The van der Waals surface area contributed by atoms with Crippen LogP contribution in [0.25, 0.3) is 11.0 Å². The molecule has 2 aliphatic rings. The number of anilines is 1. The molecule has 3 heterocycles. The van der Waals surface area contributed by atoms with Crippen LogP contribution in [0.2, 0.25) is 0 Å². The third kappa shape index (κ3) is 3.73. The van der Waals surface area contributed by atoms with Gasteiger partial charge in [0.25, 0.3) is 0 Å². The standard InChI is InChI=1S/C23H26N4O3/c1-15(2)9-23(28)24-17-4-5-19-18(11-17)25-22-13-26(7-8-27(19)22)12-16-3-6-20-21(10-16)30-14-29-20/h3-6,10-11,15H,7-9,12-14H2,1-2H3,(H,24,28). The summed E-state index contributed by atoms with van der Waals surface area (Å²) in [6.45, 7) is 7.87. The summed E-state index contributed by atoms with van der Waals surface area (Å²) in [6.07, 6.45) is 0.520. The van der Waals surface area contributed by atoms with Crippen molar-refractivity contribution in [3.63, 3.8) is 0 Å². The molecular weight excluding hydrogens is 380 g/mol. The molecule has 0 atom stereocenters. The summed E-state index contributed by atoms with van der Waals surface area (Å²) in [4.78, 5) is 19.3. The van der Waals surface area contributed by atoms with Gasteiger partial charge in [0.1, 0.15) is 5.82 Å². The van der Waals surface area contributed by atoms with Crippen molar-refractivity contribution in [3.8, 4) is 11.5 Å². The summed E-state index contributed by atoms with van der Waals surface area (Å²) >= 11 is 0. The Morgan fingerprint density at radius 2 is 2.00 bits per heavy atom. The minimum atomic E-state index is 0.0447. The molecule has 2 aliphatic heterocycles. The average Bonchev–Trinajstić information content (AvgIpc) is 3.30. The zero-order chi connectivity index (χ0) is 20.7. The van der Waals surface area contributed by atoms with E-state index in [4.69, 9.17) is 14.5 Å². The first-order chi connectivity index (χ1) is 14.5. The van der Waals surface area contributed by atoms with Crippen LogP contribution in [-0.4, -0.2) is 33.7 Å². The molecule has 30 heavy (non-hydrogen) atoms. The fraction of sp³-hybridized carbons (Fsp3) is 0.391. The normalized spacial score (nSPS) is 15.6. The summed E-state index contributed by atoms with van der Waals surface area (Å²) in [5.74, 6) is 3.08. The van der Waals surface area contributed by atoms with Crippen LogP contribution in [0.5, 0.6) is 11.5 Å². The molecule has 5 rings (SSSR count). The topological polar surface area (TPSA) is 68.6 Å². The van der Waals surface area contributed by atoms with Gasteiger partial charge in [-0.2, -0.15) is 0 Å². The lowest BCUT2D eigenvalue weighted by Crippen LogP contribution is -2.33. The molecule has 7 nitrogen and oxygen atoms in total. The van der Waals surface area contributed by atoms with Crippen LogP contribution in [0.1, 0.15) is 31.7 Å². The van der Waals surface area contributed by atoms with Crippen molar-refractivity contribution in [2.24, 2.45) is 5.92 Å². The van der Waals surface area contributed by atoms with E-state index in [1.165, 1.54) is 5.56 Å². The Bertz CT molecular complexity index is 1110. The summed E-state index contributed by atoms with van der Waals surface area (Å²) in [5, 5.41) is 2.99. The second-order valence-corrected chi connectivity index (χ2v) is 8.43. The molecular formula is C23H26N4O3. The molecule has 0 fully saturated rings. The maximum absolute atomic E-state index is 12.1. The van der Waals surface area contributed by atoms with Gasteiger partial charge in [-0.3, -0.25) is 9.69 Å². The van der Waals surface area contributed by atoms with Crippen molar-refractivity contribution in [2.75, 3.05) is 18.7 Å². The van der Waals surface area contributed by atoms with Crippen LogP contribution in [0.4, 0.5) is 5.69 Å². The Hall–Kier alpha value is -3.06. The predicted octanol–water partition coefficient (Wildman–Crippen LogP) is 3.77.